The molecule has 1 aliphatic carbocycles. The predicted octanol–water partition coefficient (Wildman–Crippen LogP) is 4.32. The van der Waals surface area contributed by atoms with Crippen LogP contribution in [0.15, 0.2) is 55.2 Å². The fraction of sp³-hybridized carbons (Fsp3) is 0.273. The number of aromatic nitrogens is 5. The van der Waals surface area contributed by atoms with Crippen LogP contribution in [0.3, 0.4) is 0 Å². The van der Waals surface area contributed by atoms with Gasteiger partial charge in [0.05, 0.1) is 11.9 Å². The summed E-state index contributed by atoms with van der Waals surface area (Å²) in [5.41, 5.74) is 5.31. The molecule has 0 amide bonds. The van der Waals surface area contributed by atoms with Crippen molar-refractivity contribution in [3.05, 3.63) is 60.9 Å². The van der Waals surface area contributed by atoms with Crippen LogP contribution in [0.5, 0.6) is 0 Å². The molecule has 0 atom stereocenters. The highest BCUT2D eigenvalue weighted by molar-refractivity contribution is 5.81. The van der Waals surface area contributed by atoms with Gasteiger partial charge in [-0.15, -0.1) is 0 Å². The Balaban J connectivity index is 1.58. The summed E-state index contributed by atoms with van der Waals surface area (Å²) in [6.07, 6.45) is 13.4. The summed E-state index contributed by atoms with van der Waals surface area (Å²) in [6, 6.07) is 9.86. The van der Waals surface area contributed by atoms with E-state index in [0.29, 0.717) is 11.1 Å². The number of rotatable bonds is 4. The van der Waals surface area contributed by atoms with Gasteiger partial charge in [-0.1, -0.05) is 13.3 Å². The summed E-state index contributed by atoms with van der Waals surface area (Å²) in [6.45, 7) is 3.26. The first kappa shape index (κ1) is 16.7. The van der Waals surface area contributed by atoms with Crippen molar-refractivity contribution in [1.82, 2.24) is 24.1 Å². The highest BCUT2D eigenvalue weighted by Gasteiger charge is 2.32. The molecule has 28 heavy (non-hydrogen) atoms. The molecule has 1 aliphatic rings. The van der Waals surface area contributed by atoms with Crippen molar-refractivity contribution in [3.63, 3.8) is 0 Å². The predicted molar refractivity (Wildman–Crippen MR) is 106 cm³/mol. The molecule has 1 fully saturated rings. The van der Waals surface area contributed by atoms with E-state index < -0.39 is 0 Å². The van der Waals surface area contributed by atoms with E-state index in [1.54, 1.807) is 12.3 Å². The largest absolute Gasteiger partial charge is 0.307 e. The molecule has 1 saturated carbocycles. The van der Waals surface area contributed by atoms with Crippen molar-refractivity contribution >= 4 is 5.65 Å². The van der Waals surface area contributed by atoms with Gasteiger partial charge in [-0.25, -0.2) is 9.97 Å². The van der Waals surface area contributed by atoms with Crippen LogP contribution in [-0.4, -0.2) is 24.1 Å². The van der Waals surface area contributed by atoms with Gasteiger partial charge >= 0.3 is 0 Å². The smallest absolute Gasteiger partial charge is 0.141 e. The van der Waals surface area contributed by atoms with E-state index in [1.807, 2.05) is 45.9 Å². The zero-order valence-electron chi connectivity index (χ0n) is 15.7. The summed E-state index contributed by atoms with van der Waals surface area (Å²) in [5, 5.41) is 13.9. The van der Waals surface area contributed by atoms with Crippen LogP contribution in [0, 0.1) is 16.7 Å². The Labute approximate surface area is 163 Å². The standard InChI is InChI=1S/C22H20N6/c1-22(6-2-7-22)15-28-14-17(13-25-28)19-4-3-18(12-23)26-21(19)16-5-9-27-10-8-24-20(27)11-16/h3-5,8-11,13-14H,2,6-7,15H2,1H3. The molecule has 0 radical (unpaired) electrons. The van der Waals surface area contributed by atoms with Gasteiger partial charge in [0.25, 0.3) is 0 Å². The van der Waals surface area contributed by atoms with Crippen LogP contribution in [0.25, 0.3) is 28.0 Å². The summed E-state index contributed by atoms with van der Waals surface area (Å²) in [4.78, 5) is 8.97. The van der Waals surface area contributed by atoms with Gasteiger partial charge in [0.2, 0.25) is 0 Å². The SMILES string of the molecule is CC1(Cn2cc(-c3ccc(C#N)nc3-c3ccn4ccnc4c3)cn2)CCC1. The molecular weight excluding hydrogens is 348 g/mol. The van der Waals surface area contributed by atoms with E-state index >= 15 is 0 Å². The topological polar surface area (TPSA) is 71.8 Å². The molecule has 6 nitrogen and oxygen atoms in total. The molecule has 4 aromatic rings. The Morgan fingerprint density at radius 2 is 2.07 bits per heavy atom. The average molecular weight is 368 g/mol. The first-order chi connectivity index (χ1) is 13.6. The minimum atomic E-state index is 0.362. The third-order valence-corrected chi connectivity index (χ3v) is 5.73. The highest BCUT2D eigenvalue weighted by Crippen LogP contribution is 2.41. The molecule has 6 heteroatoms. The van der Waals surface area contributed by atoms with E-state index in [9.17, 15) is 5.26 Å². The first-order valence-electron chi connectivity index (χ1n) is 9.51. The Kier molecular flexibility index (Phi) is 3.76. The van der Waals surface area contributed by atoms with E-state index in [1.165, 1.54) is 19.3 Å². The Hall–Kier alpha value is -3.46. The molecule has 0 saturated heterocycles. The number of nitrogens with zero attached hydrogens (tertiary/aromatic N) is 6. The fourth-order valence-electron chi connectivity index (χ4n) is 3.95. The molecule has 0 unspecified atom stereocenters. The highest BCUT2D eigenvalue weighted by atomic mass is 15.3. The van der Waals surface area contributed by atoms with E-state index in [2.05, 4.69) is 34.3 Å². The quantitative estimate of drug-likeness (QED) is 0.538. The van der Waals surface area contributed by atoms with Gasteiger partial charge in [-0.05, 0) is 42.5 Å². The van der Waals surface area contributed by atoms with Crippen molar-refractivity contribution in [2.24, 2.45) is 5.41 Å². The van der Waals surface area contributed by atoms with Crippen LogP contribution in [0.1, 0.15) is 31.9 Å². The lowest BCUT2D eigenvalue weighted by atomic mass is 9.70. The molecule has 0 bridgehead atoms. The third kappa shape index (κ3) is 2.85. The second-order valence-electron chi connectivity index (χ2n) is 7.90. The zero-order valence-corrected chi connectivity index (χ0v) is 15.7. The lowest BCUT2D eigenvalue weighted by Gasteiger charge is -2.38. The lowest BCUT2D eigenvalue weighted by Crippen LogP contribution is -2.30. The van der Waals surface area contributed by atoms with Gasteiger partial charge in [0.15, 0.2) is 0 Å². The fourth-order valence-corrected chi connectivity index (χ4v) is 3.95. The maximum Gasteiger partial charge on any atom is 0.141 e. The monoisotopic (exact) mass is 368 g/mol. The van der Waals surface area contributed by atoms with Crippen LogP contribution in [-0.2, 0) is 6.54 Å². The molecule has 4 aromatic heterocycles. The van der Waals surface area contributed by atoms with Crippen molar-refractivity contribution in [2.45, 2.75) is 32.7 Å². The van der Waals surface area contributed by atoms with Crippen LogP contribution >= 0.6 is 0 Å². The molecule has 138 valence electrons. The van der Waals surface area contributed by atoms with Crippen LogP contribution in [0.4, 0.5) is 0 Å². The van der Waals surface area contributed by atoms with Gasteiger partial charge in [-0.2, -0.15) is 10.4 Å². The maximum atomic E-state index is 9.33. The van der Waals surface area contributed by atoms with E-state index in [4.69, 9.17) is 0 Å². The molecule has 0 N–H and O–H groups in total. The van der Waals surface area contributed by atoms with E-state index in [-0.39, 0.29) is 0 Å². The van der Waals surface area contributed by atoms with Crippen molar-refractivity contribution in [1.29, 1.82) is 5.26 Å². The summed E-state index contributed by atoms with van der Waals surface area (Å²) in [5.74, 6) is 0. The Morgan fingerprint density at radius 3 is 2.86 bits per heavy atom. The third-order valence-electron chi connectivity index (χ3n) is 5.73. The van der Waals surface area contributed by atoms with Crippen LogP contribution in [0.2, 0.25) is 0 Å². The molecule has 4 heterocycles. The van der Waals surface area contributed by atoms with Crippen molar-refractivity contribution in [3.8, 4) is 28.5 Å². The second kappa shape index (κ2) is 6.31. The van der Waals surface area contributed by atoms with Gasteiger partial charge in [-0.3, -0.25) is 4.68 Å². The first-order valence-corrected chi connectivity index (χ1v) is 9.51. The van der Waals surface area contributed by atoms with Gasteiger partial charge in [0.1, 0.15) is 17.4 Å². The number of fused-ring (bicyclic) bond motifs is 1. The molecule has 0 aromatic carbocycles. The molecular formula is C22H20N6. The van der Waals surface area contributed by atoms with Gasteiger partial charge in [0, 0.05) is 48.0 Å². The minimum absolute atomic E-state index is 0.362. The maximum absolute atomic E-state index is 9.33. The number of nitriles is 1. The molecule has 5 rings (SSSR count). The average Bonchev–Trinajstić information content (AvgIpc) is 3.35. The number of imidazole rings is 1. The number of hydrogen-bond acceptors (Lipinski definition) is 4. The van der Waals surface area contributed by atoms with Crippen molar-refractivity contribution in [2.75, 3.05) is 0 Å². The number of pyridine rings is 2. The summed E-state index contributed by atoms with van der Waals surface area (Å²) in [7, 11) is 0. The Morgan fingerprint density at radius 1 is 1.18 bits per heavy atom. The summed E-state index contributed by atoms with van der Waals surface area (Å²) >= 11 is 0. The normalized spacial score (nSPS) is 15.3. The van der Waals surface area contributed by atoms with Crippen molar-refractivity contribution < 1.29 is 0 Å². The number of hydrogen-bond donors (Lipinski definition) is 0. The minimum Gasteiger partial charge on any atom is -0.307 e. The second-order valence-corrected chi connectivity index (χ2v) is 7.90. The van der Waals surface area contributed by atoms with Crippen LogP contribution < -0.4 is 0 Å². The molecule has 0 spiro atoms. The molecule has 0 aliphatic heterocycles. The van der Waals surface area contributed by atoms with E-state index in [0.717, 1.165) is 34.6 Å². The summed E-state index contributed by atoms with van der Waals surface area (Å²) < 4.78 is 3.99. The Bertz CT molecular complexity index is 1210. The van der Waals surface area contributed by atoms with Gasteiger partial charge < -0.3 is 4.40 Å². The lowest BCUT2D eigenvalue weighted by molar-refractivity contribution is 0.126. The zero-order chi connectivity index (χ0) is 19.1.